The predicted octanol–water partition coefficient (Wildman–Crippen LogP) is 1.52. The summed E-state index contributed by atoms with van der Waals surface area (Å²) >= 11 is 0. The van der Waals surface area contributed by atoms with Gasteiger partial charge in [0.1, 0.15) is 0 Å². The van der Waals surface area contributed by atoms with E-state index in [2.05, 4.69) is 32.6 Å². The van der Waals surface area contributed by atoms with Gasteiger partial charge in [-0.3, -0.25) is 4.90 Å². The molecule has 0 amide bonds. The van der Waals surface area contributed by atoms with E-state index in [-0.39, 0.29) is 18.3 Å². The Labute approximate surface area is 111 Å². The summed E-state index contributed by atoms with van der Waals surface area (Å²) in [5, 5.41) is 9.23. The highest BCUT2D eigenvalue weighted by atomic mass is 16.5. The zero-order chi connectivity index (χ0) is 13.6. The van der Waals surface area contributed by atoms with Crippen molar-refractivity contribution in [2.45, 2.75) is 45.8 Å². The summed E-state index contributed by atoms with van der Waals surface area (Å²) in [4.78, 5) is 2.32. The number of hydrogen-bond donors (Lipinski definition) is 1. The second kappa shape index (κ2) is 7.43. The van der Waals surface area contributed by atoms with Crippen molar-refractivity contribution >= 4 is 0 Å². The van der Waals surface area contributed by atoms with Crippen molar-refractivity contribution in [3.05, 3.63) is 0 Å². The van der Waals surface area contributed by atoms with E-state index < -0.39 is 0 Å². The molecule has 108 valence electrons. The van der Waals surface area contributed by atoms with E-state index in [1.54, 1.807) is 0 Å². The molecule has 1 aliphatic heterocycles. The molecule has 1 rings (SSSR count). The first-order valence-corrected chi connectivity index (χ1v) is 7.02. The number of rotatable bonds is 7. The van der Waals surface area contributed by atoms with Crippen LogP contribution in [-0.4, -0.2) is 61.2 Å². The van der Waals surface area contributed by atoms with Gasteiger partial charge in [-0.1, -0.05) is 13.8 Å². The lowest BCUT2D eigenvalue weighted by atomic mass is 10.1. The number of aliphatic hydroxyl groups excluding tert-OH is 1. The summed E-state index contributed by atoms with van der Waals surface area (Å²) < 4.78 is 11.4. The average molecular weight is 259 g/mol. The molecule has 0 aromatic carbocycles. The summed E-state index contributed by atoms with van der Waals surface area (Å²) in [7, 11) is 0. The van der Waals surface area contributed by atoms with Crippen LogP contribution in [0, 0.1) is 5.92 Å². The predicted molar refractivity (Wildman–Crippen MR) is 72.8 cm³/mol. The number of ether oxygens (including phenoxy) is 2. The molecule has 0 saturated carbocycles. The van der Waals surface area contributed by atoms with E-state index in [1.165, 1.54) is 0 Å². The van der Waals surface area contributed by atoms with Crippen LogP contribution in [0.1, 0.15) is 34.1 Å². The third kappa shape index (κ3) is 6.14. The summed E-state index contributed by atoms with van der Waals surface area (Å²) in [6, 6.07) is 0. The van der Waals surface area contributed by atoms with Crippen LogP contribution in [0.5, 0.6) is 0 Å². The third-order valence-electron chi connectivity index (χ3n) is 3.15. The fourth-order valence-corrected chi connectivity index (χ4v) is 2.30. The van der Waals surface area contributed by atoms with Gasteiger partial charge in [0, 0.05) is 26.2 Å². The molecule has 1 aliphatic rings. The fraction of sp³-hybridized carbons (Fsp3) is 1.00. The molecule has 1 heterocycles. The largest absolute Gasteiger partial charge is 0.394 e. The Hall–Kier alpha value is -0.160. The van der Waals surface area contributed by atoms with Gasteiger partial charge in [0.25, 0.3) is 0 Å². The minimum Gasteiger partial charge on any atom is -0.394 e. The van der Waals surface area contributed by atoms with Crippen molar-refractivity contribution < 1.29 is 14.6 Å². The maximum absolute atomic E-state index is 9.23. The number of aliphatic hydroxyl groups is 1. The Morgan fingerprint density at radius 2 is 2.11 bits per heavy atom. The van der Waals surface area contributed by atoms with Gasteiger partial charge < -0.3 is 14.6 Å². The number of morpholine rings is 1. The first-order valence-electron chi connectivity index (χ1n) is 7.02. The van der Waals surface area contributed by atoms with Crippen LogP contribution in [0.25, 0.3) is 0 Å². The van der Waals surface area contributed by atoms with Crippen LogP contribution < -0.4 is 0 Å². The molecule has 1 unspecified atom stereocenters. The normalized spacial score (nSPS) is 24.7. The van der Waals surface area contributed by atoms with E-state index in [4.69, 9.17) is 9.47 Å². The Morgan fingerprint density at radius 3 is 2.72 bits per heavy atom. The first kappa shape index (κ1) is 15.9. The third-order valence-corrected chi connectivity index (χ3v) is 3.15. The first-order chi connectivity index (χ1) is 8.43. The van der Waals surface area contributed by atoms with Crippen LogP contribution in [0.3, 0.4) is 0 Å². The molecule has 0 aromatic rings. The minimum atomic E-state index is -0.177. The fourth-order valence-electron chi connectivity index (χ4n) is 2.30. The van der Waals surface area contributed by atoms with Crippen LogP contribution in [0.15, 0.2) is 0 Å². The Morgan fingerprint density at radius 1 is 1.39 bits per heavy atom. The molecule has 0 bridgehead atoms. The molecular weight excluding hydrogens is 230 g/mol. The topological polar surface area (TPSA) is 41.9 Å². The van der Waals surface area contributed by atoms with Crippen LogP contribution in [0.4, 0.5) is 0 Å². The number of hydrogen-bond acceptors (Lipinski definition) is 4. The molecule has 1 fully saturated rings. The molecule has 4 nitrogen and oxygen atoms in total. The zero-order valence-electron chi connectivity index (χ0n) is 12.3. The smallest absolute Gasteiger partial charge is 0.0940 e. The van der Waals surface area contributed by atoms with Crippen LogP contribution in [0.2, 0.25) is 0 Å². The van der Waals surface area contributed by atoms with E-state index in [0.717, 1.165) is 39.3 Å². The summed E-state index contributed by atoms with van der Waals surface area (Å²) in [5.41, 5.74) is -0.177. The molecule has 1 saturated heterocycles. The second-order valence-electron chi connectivity index (χ2n) is 6.21. The highest BCUT2D eigenvalue weighted by Gasteiger charge is 2.32. The highest BCUT2D eigenvalue weighted by Crippen LogP contribution is 2.20. The van der Waals surface area contributed by atoms with Crippen molar-refractivity contribution in [1.82, 2.24) is 4.90 Å². The van der Waals surface area contributed by atoms with Gasteiger partial charge in [-0.15, -0.1) is 0 Å². The van der Waals surface area contributed by atoms with Crippen molar-refractivity contribution in [3.63, 3.8) is 0 Å². The SMILES string of the molecule is CC(C)CCOCCN1CC(CO)OC(C)(C)C1. The van der Waals surface area contributed by atoms with Crippen molar-refractivity contribution in [2.24, 2.45) is 5.92 Å². The van der Waals surface area contributed by atoms with E-state index >= 15 is 0 Å². The zero-order valence-corrected chi connectivity index (χ0v) is 12.3. The number of nitrogens with zero attached hydrogens (tertiary/aromatic N) is 1. The van der Waals surface area contributed by atoms with Crippen LogP contribution >= 0.6 is 0 Å². The molecule has 0 aliphatic carbocycles. The van der Waals surface area contributed by atoms with E-state index in [1.807, 2.05) is 0 Å². The van der Waals surface area contributed by atoms with Gasteiger partial charge in [0.05, 0.1) is 24.9 Å². The van der Waals surface area contributed by atoms with Gasteiger partial charge in [0.2, 0.25) is 0 Å². The molecule has 1 N–H and O–H groups in total. The molecule has 0 spiro atoms. The monoisotopic (exact) mass is 259 g/mol. The summed E-state index contributed by atoms with van der Waals surface area (Å²) in [5.74, 6) is 0.700. The lowest BCUT2D eigenvalue weighted by molar-refractivity contribution is -0.151. The van der Waals surface area contributed by atoms with E-state index in [0.29, 0.717) is 5.92 Å². The lowest BCUT2D eigenvalue weighted by Crippen LogP contribution is -2.54. The Bertz CT molecular complexity index is 231. The van der Waals surface area contributed by atoms with Crippen LogP contribution in [-0.2, 0) is 9.47 Å². The standard InChI is InChI=1S/C14H29NO3/c1-12(2)5-7-17-8-6-15-9-13(10-16)18-14(3,4)11-15/h12-13,16H,5-11H2,1-4H3. The lowest BCUT2D eigenvalue weighted by Gasteiger charge is -2.42. The van der Waals surface area contributed by atoms with Crippen molar-refractivity contribution in [3.8, 4) is 0 Å². The maximum Gasteiger partial charge on any atom is 0.0940 e. The molecule has 0 radical (unpaired) electrons. The molecule has 1 atom stereocenters. The van der Waals surface area contributed by atoms with Gasteiger partial charge in [-0.25, -0.2) is 0 Å². The van der Waals surface area contributed by atoms with Gasteiger partial charge in [-0.2, -0.15) is 0 Å². The average Bonchev–Trinajstić information content (AvgIpc) is 2.26. The van der Waals surface area contributed by atoms with Gasteiger partial charge in [-0.05, 0) is 26.2 Å². The summed E-state index contributed by atoms with van der Waals surface area (Å²) in [6.07, 6.45) is 1.05. The van der Waals surface area contributed by atoms with Crippen molar-refractivity contribution in [1.29, 1.82) is 0 Å². The maximum atomic E-state index is 9.23. The van der Waals surface area contributed by atoms with Gasteiger partial charge in [0.15, 0.2) is 0 Å². The van der Waals surface area contributed by atoms with Crippen molar-refractivity contribution in [2.75, 3.05) is 39.5 Å². The van der Waals surface area contributed by atoms with E-state index in [9.17, 15) is 5.11 Å². The minimum absolute atomic E-state index is 0.0654. The summed E-state index contributed by atoms with van der Waals surface area (Å²) in [6.45, 7) is 12.9. The second-order valence-corrected chi connectivity index (χ2v) is 6.21. The Balaban J connectivity index is 2.20. The highest BCUT2D eigenvalue weighted by molar-refractivity contribution is 4.83. The molecule has 0 aromatic heterocycles. The molecule has 4 heteroatoms. The molecular formula is C14H29NO3. The molecule has 18 heavy (non-hydrogen) atoms. The Kier molecular flexibility index (Phi) is 6.57. The van der Waals surface area contributed by atoms with Gasteiger partial charge >= 0.3 is 0 Å². The quantitative estimate of drug-likeness (QED) is 0.704.